The van der Waals surface area contributed by atoms with Crippen LogP contribution in [0.4, 0.5) is 0 Å². The maximum atomic E-state index is 12.8. The van der Waals surface area contributed by atoms with E-state index in [-0.39, 0.29) is 27.3 Å². The first-order valence-electron chi connectivity index (χ1n) is 9.95. The number of hydrogen-bond donors (Lipinski definition) is 0. The third-order valence-electron chi connectivity index (χ3n) is 5.09. The number of benzene rings is 2. The molecule has 0 saturated heterocycles. The van der Waals surface area contributed by atoms with Gasteiger partial charge in [0.2, 0.25) is 0 Å². The van der Waals surface area contributed by atoms with Gasteiger partial charge in [-0.25, -0.2) is 0 Å². The lowest BCUT2D eigenvalue weighted by Crippen LogP contribution is -2.32. The fourth-order valence-corrected chi connectivity index (χ4v) is 5.12. The molecular weight excluding hydrogens is 438 g/mol. The van der Waals surface area contributed by atoms with Crippen LogP contribution in [0.25, 0.3) is 0 Å². The van der Waals surface area contributed by atoms with E-state index < -0.39 is 10.1 Å². The number of carbonyl (C=O) groups excluding carboxylic acids is 1. The van der Waals surface area contributed by atoms with Crippen LogP contribution in [-0.4, -0.2) is 25.8 Å². The molecule has 1 aromatic heterocycles. The Morgan fingerprint density at radius 2 is 1.94 bits per heavy atom. The highest BCUT2D eigenvalue weighted by molar-refractivity contribution is 7.87. The standard InChI is InChI=1S/C23H22ClNO5S/c1-16-5-2-8-20(24)22(16)31(27,28)30-19-7-3-6-18(13-19)15-25(14-17-10-11-17)23(26)21-9-4-12-29-21/h2-9,12-13,17H,10-11,14-15H2,1H3. The molecule has 8 heteroatoms. The zero-order chi connectivity index (χ0) is 22.0. The molecule has 0 bridgehead atoms. The molecule has 0 radical (unpaired) electrons. The van der Waals surface area contributed by atoms with E-state index >= 15 is 0 Å². The van der Waals surface area contributed by atoms with E-state index in [1.807, 2.05) is 6.07 Å². The van der Waals surface area contributed by atoms with Gasteiger partial charge in [-0.3, -0.25) is 4.79 Å². The lowest BCUT2D eigenvalue weighted by atomic mass is 10.2. The highest BCUT2D eigenvalue weighted by Crippen LogP contribution is 2.31. The van der Waals surface area contributed by atoms with Gasteiger partial charge in [-0.1, -0.05) is 35.9 Å². The summed E-state index contributed by atoms with van der Waals surface area (Å²) in [5.74, 6) is 0.739. The van der Waals surface area contributed by atoms with Crippen LogP contribution < -0.4 is 4.18 Å². The van der Waals surface area contributed by atoms with Crippen LogP contribution in [0, 0.1) is 12.8 Å². The number of hydrogen-bond acceptors (Lipinski definition) is 5. The fourth-order valence-electron chi connectivity index (χ4n) is 3.41. The summed E-state index contributed by atoms with van der Waals surface area (Å²) in [4.78, 5) is 14.5. The van der Waals surface area contributed by atoms with Crippen molar-refractivity contribution in [2.75, 3.05) is 6.54 Å². The first kappa shape index (κ1) is 21.5. The van der Waals surface area contributed by atoms with Crippen molar-refractivity contribution in [2.45, 2.75) is 31.2 Å². The quantitative estimate of drug-likeness (QED) is 0.440. The lowest BCUT2D eigenvalue weighted by Gasteiger charge is -2.22. The smallest absolute Gasteiger partial charge is 0.340 e. The van der Waals surface area contributed by atoms with Crippen LogP contribution >= 0.6 is 11.6 Å². The summed E-state index contributed by atoms with van der Waals surface area (Å²) in [5, 5.41) is 0.107. The predicted molar refractivity (Wildman–Crippen MR) is 117 cm³/mol. The van der Waals surface area contributed by atoms with Crippen molar-refractivity contribution < 1.29 is 21.8 Å². The average Bonchev–Trinajstić information content (AvgIpc) is 3.35. The maximum Gasteiger partial charge on any atom is 0.340 e. The predicted octanol–water partition coefficient (Wildman–Crippen LogP) is 5.06. The Morgan fingerprint density at radius 3 is 2.61 bits per heavy atom. The number of halogens is 1. The zero-order valence-electron chi connectivity index (χ0n) is 17.0. The third kappa shape index (κ3) is 5.11. The van der Waals surface area contributed by atoms with Crippen molar-refractivity contribution in [1.29, 1.82) is 0 Å². The first-order chi connectivity index (χ1) is 14.8. The van der Waals surface area contributed by atoms with Gasteiger partial charge < -0.3 is 13.5 Å². The van der Waals surface area contributed by atoms with E-state index in [1.54, 1.807) is 54.3 Å². The molecule has 0 spiro atoms. The third-order valence-corrected chi connectivity index (χ3v) is 6.97. The Hall–Kier alpha value is -2.77. The van der Waals surface area contributed by atoms with E-state index in [9.17, 15) is 13.2 Å². The van der Waals surface area contributed by atoms with Gasteiger partial charge in [0.25, 0.3) is 5.91 Å². The lowest BCUT2D eigenvalue weighted by molar-refractivity contribution is 0.0702. The van der Waals surface area contributed by atoms with Gasteiger partial charge in [0.1, 0.15) is 10.6 Å². The molecule has 0 aliphatic heterocycles. The highest BCUT2D eigenvalue weighted by Gasteiger charge is 2.29. The molecular formula is C23H22ClNO5S. The van der Waals surface area contributed by atoms with E-state index in [0.717, 1.165) is 18.4 Å². The number of amides is 1. The van der Waals surface area contributed by atoms with Gasteiger partial charge >= 0.3 is 10.1 Å². The Bertz CT molecular complexity index is 1170. The summed E-state index contributed by atoms with van der Waals surface area (Å²) < 4.78 is 36.3. The van der Waals surface area contributed by atoms with Crippen LogP contribution in [-0.2, 0) is 16.7 Å². The summed E-state index contributed by atoms with van der Waals surface area (Å²) in [6.07, 6.45) is 3.67. The maximum absolute atomic E-state index is 12.8. The fraction of sp³-hybridized carbons (Fsp3) is 0.261. The largest absolute Gasteiger partial charge is 0.459 e. The van der Waals surface area contributed by atoms with Crippen molar-refractivity contribution >= 4 is 27.6 Å². The van der Waals surface area contributed by atoms with Crippen LogP contribution in [0.5, 0.6) is 5.75 Å². The molecule has 1 amide bonds. The Balaban J connectivity index is 1.55. The number of rotatable bonds is 8. The summed E-state index contributed by atoms with van der Waals surface area (Å²) in [5.41, 5.74) is 1.26. The molecule has 0 N–H and O–H groups in total. The van der Waals surface area contributed by atoms with Gasteiger partial charge in [-0.15, -0.1) is 0 Å². The minimum Gasteiger partial charge on any atom is -0.459 e. The van der Waals surface area contributed by atoms with Gasteiger partial charge in [0.05, 0.1) is 11.3 Å². The topological polar surface area (TPSA) is 76.8 Å². The first-order valence-corrected chi connectivity index (χ1v) is 11.7. The second kappa shape index (κ2) is 8.77. The molecule has 3 aromatic rings. The molecule has 162 valence electrons. The Morgan fingerprint density at radius 1 is 1.16 bits per heavy atom. The summed E-state index contributed by atoms with van der Waals surface area (Å²) in [6.45, 7) is 2.61. The molecule has 1 aliphatic rings. The van der Waals surface area contributed by atoms with E-state index in [2.05, 4.69) is 0 Å². The summed E-state index contributed by atoms with van der Waals surface area (Å²) in [7, 11) is -4.11. The van der Waals surface area contributed by atoms with Gasteiger partial charge in [-0.05, 0) is 67.1 Å². The van der Waals surface area contributed by atoms with Crippen LogP contribution in [0.2, 0.25) is 5.02 Å². The second-order valence-electron chi connectivity index (χ2n) is 7.68. The molecule has 2 aromatic carbocycles. The van der Waals surface area contributed by atoms with Gasteiger partial charge in [-0.2, -0.15) is 8.42 Å². The zero-order valence-corrected chi connectivity index (χ0v) is 18.5. The van der Waals surface area contributed by atoms with Crippen molar-refractivity contribution in [3.8, 4) is 5.75 Å². The SMILES string of the molecule is Cc1cccc(Cl)c1S(=O)(=O)Oc1cccc(CN(CC2CC2)C(=O)c2ccco2)c1. The molecule has 4 rings (SSSR count). The molecule has 1 heterocycles. The molecule has 0 atom stereocenters. The number of furan rings is 1. The van der Waals surface area contributed by atoms with E-state index in [1.165, 1.54) is 12.3 Å². The van der Waals surface area contributed by atoms with E-state index in [4.69, 9.17) is 20.2 Å². The monoisotopic (exact) mass is 459 g/mol. The van der Waals surface area contributed by atoms with Gasteiger partial charge in [0, 0.05) is 13.1 Å². The molecule has 1 saturated carbocycles. The molecule has 31 heavy (non-hydrogen) atoms. The summed E-state index contributed by atoms with van der Waals surface area (Å²) in [6, 6.07) is 14.9. The Labute approximate surface area is 186 Å². The Kier molecular flexibility index (Phi) is 6.07. The van der Waals surface area contributed by atoms with Crippen LogP contribution in [0.3, 0.4) is 0 Å². The van der Waals surface area contributed by atoms with Crippen molar-refractivity contribution in [3.05, 3.63) is 82.8 Å². The van der Waals surface area contributed by atoms with Crippen LogP contribution in [0.15, 0.2) is 70.2 Å². The van der Waals surface area contributed by atoms with Crippen molar-refractivity contribution in [1.82, 2.24) is 4.90 Å². The van der Waals surface area contributed by atoms with Crippen molar-refractivity contribution in [2.24, 2.45) is 5.92 Å². The normalized spacial score (nSPS) is 13.7. The van der Waals surface area contributed by atoms with Crippen molar-refractivity contribution in [3.63, 3.8) is 0 Å². The molecule has 0 unspecified atom stereocenters. The van der Waals surface area contributed by atoms with Crippen LogP contribution in [0.1, 0.15) is 34.5 Å². The highest BCUT2D eigenvalue weighted by atomic mass is 35.5. The minimum atomic E-state index is -4.11. The van der Waals surface area contributed by atoms with Gasteiger partial charge in [0.15, 0.2) is 5.76 Å². The minimum absolute atomic E-state index is 0.0505. The summed E-state index contributed by atoms with van der Waals surface area (Å²) >= 11 is 6.11. The molecule has 6 nitrogen and oxygen atoms in total. The number of aryl methyl sites for hydroxylation is 1. The number of nitrogens with zero attached hydrogens (tertiary/aromatic N) is 1. The average molecular weight is 460 g/mol. The number of carbonyl (C=O) groups is 1. The molecule has 1 fully saturated rings. The second-order valence-corrected chi connectivity index (χ2v) is 9.57. The molecule has 1 aliphatic carbocycles. The van der Waals surface area contributed by atoms with E-state index in [0.29, 0.717) is 24.6 Å².